The second-order valence-electron chi connectivity index (χ2n) is 4.87. The molecule has 118 valence electrons. The highest BCUT2D eigenvalue weighted by atomic mass is 16.5. The Morgan fingerprint density at radius 2 is 1.96 bits per heavy atom. The van der Waals surface area contributed by atoms with Crippen molar-refractivity contribution in [3.05, 3.63) is 71.5 Å². The molecule has 0 saturated heterocycles. The molecule has 0 radical (unpaired) electrons. The largest absolute Gasteiger partial charge is 0.486 e. The summed E-state index contributed by atoms with van der Waals surface area (Å²) in [6.45, 7) is 2.04. The van der Waals surface area contributed by atoms with Gasteiger partial charge in [-0.15, -0.1) is 0 Å². The second kappa shape index (κ2) is 6.83. The van der Waals surface area contributed by atoms with Crippen LogP contribution in [0.1, 0.15) is 27.8 Å². The minimum absolute atomic E-state index is 0.0344. The Hall–Kier alpha value is -3.02. The molecule has 0 aliphatic heterocycles. The van der Waals surface area contributed by atoms with E-state index in [2.05, 4.69) is 5.16 Å². The number of hydrogen-bond acceptors (Lipinski definition) is 6. The summed E-state index contributed by atoms with van der Waals surface area (Å²) in [5.74, 6) is 1.50. The van der Waals surface area contributed by atoms with Gasteiger partial charge in [0.25, 0.3) is 0 Å². The maximum Gasteiger partial charge on any atom is 0.374 e. The molecule has 0 amide bonds. The van der Waals surface area contributed by atoms with E-state index >= 15 is 0 Å². The van der Waals surface area contributed by atoms with Crippen LogP contribution in [-0.4, -0.2) is 11.1 Å². The zero-order valence-electron chi connectivity index (χ0n) is 12.5. The van der Waals surface area contributed by atoms with Gasteiger partial charge in [-0.3, -0.25) is 0 Å². The van der Waals surface area contributed by atoms with Gasteiger partial charge in [0.1, 0.15) is 36.2 Å². The molecule has 3 aromatic rings. The van der Waals surface area contributed by atoms with Crippen molar-refractivity contribution in [3.8, 4) is 5.75 Å². The summed E-state index contributed by atoms with van der Waals surface area (Å²) >= 11 is 0. The predicted molar refractivity (Wildman–Crippen MR) is 79.8 cm³/mol. The molecule has 0 bridgehead atoms. The number of carbonyl (C=O) groups is 1. The fourth-order valence-corrected chi connectivity index (χ4v) is 1.93. The van der Waals surface area contributed by atoms with Gasteiger partial charge in [0, 0.05) is 6.07 Å². The molecule has 1 aromatic carbocycles. The van der Waals surface area contributed by atoms with Crippen LogP contribution in [0, 0.1) is 6.92 Å². The number of furan rings is 1. The predicted octanol–water partition coefficient (Wildman–Crippen LogP) is 3.51. The van der Waals surface area contributed by atoms with Gasteiger partial charge >= 0.3 is 5.97 Å². The number of ether oxygens (including phenoxy) is 2. The minimum Gasteiger partial charge on any atom is -0.486 e. The van der Waals surface area contributed by atoms with Crippen LogP contribution in [0.3, 0.4) is 0 Å². The van der Waals surface area contributed by atoms with Gasteiger partial charge in [-0.1, -0.05) is 23.4 Å². The number of nitrogens with zero attached hydrogens (tertiary/aromatic N) is 1. The lowest BCUT2D eigenvalue weighted by Crippen LogP contribution is -2.04. The third kappa shape index (κ3) is 4.00. The van der Waals surface area contributed by atoms with Gasteiger partial charge in [0.2, 0.25) is 5.76 Å². The highest BCUT2D eigenvalue weighted by molar-refractivity contribution is 5.86. The first-order chi connectivity index (χ1) is 11.2. The van der Waals surface area contributed by atoms with Crippen molar-refractivity contribution < 1.29 is 23.2 Å². The van der Waals surface area contributed by atoms with E-state index in [1.165, 1.54) is 0 Å². The van der Waals surface area contributed by atoms with Crippen LogP contribution in [0.5, 0.6) is 5.75 Å². The Morgan fingerprint density at radius 1 is 1.13 bits per heavy atom. The number of aromatic nitrogens is 1. The Kier molecular flexibility index (Phi) is 4.42. The summed E-state index contributed by atoms with van der Waals surface area (Å²) in [4.78, 5) is 11.9. The summed E-state index contributed by atoms with van der Waals surface area (Å²) in [6.07, 6.45) is 0. The first-order valence-electron chi connectivity index (χ1n) is 7.06. The van der Waals surface area contributed by atoms with Crippen LogP contribution < -0.4 is 4.74 Å². The monoisotopic (exact) mass is 313 g/mol. The summed E-state index contributed by atoms with van der Waals surface area (Å²) < 4.78 is 21.0. The third-order valence-corrected chi connectivity index (χ3v) is 3.02. The molecule has 2 heterocycles. The maximum absolute atomic E-state index is 11.9. The molecule has 0 unspecified atom stereocenters. The first kappa shape index (κ1) is 14.9. The van der Waals surface area contributed by atoms with Gasteiger partial charge in [-0.25, -0.2) is 4.79 Å². The topological polar surface area (TPSA) is 74.7 Å². The van der Waals surface area contributed by atoms with Gasteiger partial charge in [0.15, 0.2) is 0 Å². The summed E-state index contributed by atoms with van der Waals surface area (Å²) in [5, 5.41) is 3.75. The van der Waals surface area contributed by atoms with E-state index in [9.17, 15) is 4.79 Å². The normalized spacial score (nSPS) is 10.5. The molecule has 6 heteroatoms. The lowest BCUT2D eigenvalue weighted by molar-refractivity contribution is 0.0424. The number of para-hydroxylation sites is 1. The lowest BCUT2D eigenvalue weighted by Gasteiger charge is -2.03. The fraction of sp³-hybridized carbons (Fsp3) is 0.176. The smallest absolute Gasteiger partial charge is 0.374 e. The Morgan fingerprint density at radius 3 is 2.70 bits per heavy atom. The van der Waals surface area contributed by atoms with Crippen molar-refractivity contribution in [1.29, 1.82) is 0 Å². The molecule has 0 aliphatic rings. The Bertz CT molecular complexity index is 775. The summed E-state index contributed by atoms with van der Waals surface area (Å²) in [5.41, 5.74) is 0.551. The standard InChI is InChI=1S/C17H15NO5/c1-12-9-13(18-23-12)10-21-17(19)16-8-7-15(22-16)11-20-14-5-3-2-4-6-14/h2-9H,10-11H2,1H3. The number of aryl methyl sites for hydroxylation is 1. The SMILES string of the molecule is Cc1cc(COC(=O)c2ccc(COc3ccccc3)o2)no1. The van der Waals surface area contributed by atoms with Crippen molar-refractivity contribution in [2.45, 2.75) is 20.1 Å². The molecule has 2 aromatic heterocycles. The zero-order valence-corrected chi connectivity index (χ0v) is 12.5. The minimum atomic E-state index is -0.559. The average molecular weight is 313 g/mol. The van der Waals surface area contributed by atoms with E-state index in [1.54, 1.807) is 25.1 Å². The molecule has 0 spiro atoms. The number of carbonyl (C=O) groups excluding carboxylic acids is 1. The van der Waals surface area contributed by atoms with Crippen LogP contribution in [0.4, 0.5) is 0 Å². The van der Waals surface area contributed by atoms with Crippen molar-refractivity contribution >= 4 is 5.97 Å². The van der Waals surface area contributed by atoms with Crippen molar-refractivity contribution in [3.63, 3.8) is 0 Å². The van der Waals surface area contributed by atoms with Gasteiger partial charge in [-0.2, -0.15) is 0 Å². The second-order valence-corrected chi connectivity index (χ2v) is 4.87. The highest BCUT2D eigenvalue weighted by Crippen LogP contribution is 2.15. The first-order valence-corrected chi connectivity index (χ1v) is 7.06. The molecule has 0 N–H and O–H groups in total. The molecular weight excluding hydrogens is 298 g/mol. The molecule has 0 saturated carbocycles. The summed E-state index contributed by atoms with van der Waals surface area (Å²) in [6, 6.07) is 14.3. The maximum atomic E-state index is 11.9. The molecule has 3 rings (SSSR count). The van der Waals surface area contributed by atoms with Crippen molar-refractivity contribution in [2.24, 2.45) is 0 Å². The van der Waals surface area contributed by atoms with Crippen LogP contribution in [-0.2, 0) is 18.0 Å². The van der Waals surface area contributed by atoms with Gasteiger partial charge in [-0.05, 0) is 31.2 Å². The Balaban J connectivity index is 1.52. The average Bonchev–Trinajstić information content (AvgIpc) is 3.21. The number of hydrogen-bond donors (Lipinski definition) is 0. The lowest BCUT2D eigenvalue weighted by atomic mass is 10.3. The van der Waals surface area contributed by atoms with E-state index in [4.69, 9.17) is 18.4 Å². The van der Waals surface area contributed by atoms with E-state index in [0.717, 1.165) is 5.75 Å². The van der Waals surface area contributed by atoms with Gasteiger partial charge in [0.05, 0.1) is 0 Å². The van der Waals surface area contributed by atoms with Crippen LogP contribution in [0.25, 0.3) is 0 Å². The fourth-order valence-electron chi connectivity index (χ4n) is 1.93. The van der Waals surface area contributed by atoms with Crippen LogP contribution in [0.2, 0.25) is 0 Å². The number of esters is 1. The van der Waals surface area contributed by atoms with Crippen LogP contribution >= 0.6 is 0 Å². The highest BCUT2D eigenvalue weighted by Gasteiger charge is 2.14. The Labute approximate surface area is 132 Å². The molecule has 0 atom stereocenters. The van der Waals surface area contributed by atoms with Crippen molar-refractivity contribution in [2.75, 3.05) is 0 Å². The molecule has 23 heavy (non-hydrogen) atoms. The van der Waals surface area contributed by atoms with E-state index in [-0.39, 0.29) is 19.0 Å². The van der Waals surface area contributed by atoms with Gasteiger partial charge < -0.3 is 18.4 Å². The molecule has 0 fully saturated rings. The molecular formula is C17H15NO5. The van der Waals surface area contributed by atoms with Crippen molar-refractivity contribution in [1.82, 2.24) is 5.16 Å². The van der Waals surface area contributed by atoms with E-state index in [0.29, 0.717) is 17.2 Å². The van der Waals surface area contributed by atoms with E-state index < -0.39 is 5.97 Å². The quantitative estimate of drug-likeness (QED) is 0.648. The van der Waals surface area contributed by atoms with E-state index in [1.807, 2.05) is 30.3 Å². The zero-order chi connectivity index (χ0) is 16.1. The van der Waals surface area contributed by atoms with Crippen LogP contribution in [0.15, 0.2) is 57.5 Å². The third-order valence-electron chi connectivity index (χ3n) is 3.02. The number of benzene rings is 1. The molecule has 0 aliphatic carbocycles. The summed E-state index contributed by atoms with van der Waals surface area (Å²) in [7, 11) is 0. The molecule has 6 nitrogen and oxygen atoms in total. The number of rotatable bonds is 6.